The van der Waals surface area contributed by atoms with Gasteiger partial charge in [0.25, 0.3) is 0 Å². The van der Waals surface area contributed by atoms with E-state index in [1.54, 1.807) is 0 Å². The SMILES string of the molecule is CCCC1=C([Si](C)(C)C)C1C(=O)OCCCl. The van der Waals surface area contributed by atoms with Crippen molar-refractivity contribution in [1.29, 1.82) is 0 Å². The molecule has 0 saturated heterocycles. The molecule has 1 rings (SSSR count). The predicted octanol–water partition coefficient (Wildman–Crippen LogP) is 3.37. The summed E-state index contributed by atoms with van der Waals surface area (Å²) in [4.78, 5) is 11.8. The van der Waals surface area contributed by atoms with Crippen molar-refractivity contribution in [2.45, 2.75) is 39.4 Å². The lowest BCUT2D eigenvalue weighted by Crippen LogP contribution is -2.23. The van der Waals surface area contributed by atoms with Crippen LogP contribution in [0.1, 0.15) is 19.8 Å². The van der Waals surface area contributed by atoms with Gasteiger partial charge in [-0.2, -0.15) is 0 Å². The van der Waals surface area contributed by atoms with E-state index in [1.807, 2.05) is 0 Å². The van der Waals surface area contributed by atoms with Gasteiger partial charge in [0.15, 0.2) is 0 Å². The third-order valence-electron chi connectivity index (χ3n) is 2.78. The van der Waals surface area contributed by atoms with Gasteiger partial charge in [-0.25, -0.2) is 0 Å². The van der Waals surface area contributed by atoms with Crippen LogP contribution < -0.4 is 0 Å². The molecule has 0 N–H and O–H groups in total. The van der Waals surface area contributed by atoms with E-state index in [0.29, 0.717) is 12.5 Å². The summed E-state index contributed by atoms with van der Waals surface area (Å²) in [5.41, 5.74) is 1.35. The summed E-state index contributed by atoms with van der Waals surface area (Å²) in [5, 5.41) is 1.41. The molecule has 0 heterocycles. The molecule has 1 aliphatic rings. The number of rotatable bonds is 6. The second-order valence-electron chi connectivity index (χ2n) is 5.23. The summed E-state index contributed by atoms with van der Waals surface area (Å²) >= 11 is 5.51. The van der Waals surface area contributed by atoms with Crippen LogP contribution in [0.3, 0.4) is 0 Å². The Balaban J connectivity index is 2.62. The number of esters is 1. The van der Waals surface area contributed by atoms with Crippen LogP contribution >= 0.6 is 11.6 Å². The van der Waals surface area contributed by atoms with Crippen molar-refractivity contribution in [3.63, 3.8) is 0 Å². The molecule has 0 radical (unpaired) electrons. The molecule has 2 nitrogen and oxygen atoms in total. The van der Waals surface area contributed by atoms with Gasteiger partial charge in [-0.05, 0) is 6.42 Å². The highest BCUT2D eigenvalue weighted by Crippen LogP contribution is 2.48. The first-order valence-electron chi connectivity index (χ1n) is 5.89. The van der Waals surface area contributed by atoms with Crippen molar-refractivity contribution in [3.8, 4) is 0 Å². The maximum absolute atomic E-state index is 11.8. The van der Waals surface area contributed by atoms with Crippen molar-refractivity contribution in [2.75, 3.05) is 12.5 Å². The van der Waals surface area contributed by atoms with Crippen molar-refractivity contribution < 1.29 is 9.53 Å². The van der Waals surface area contributed by atoms with E-state index in [2.05, 4.69) is 26.6 Å². The summed E-state index contributed by atoms with van der Waals surface area (Å²) in [5.74, 6) is 0.306. The predicted molar refractivity (Wildman–Crippen MR) is 70.4 cm³/mol. The van der Waals surface area contributed by atoms with Crippen LogP contribution in [0, 0.1) is 5.92 Å². The number of hydrogen-bond donors (Lipinski definition) is 0. The number of alkyl halides is 1. The fourth-order valence-electron chi connectivity index (χ4n) is 2.21. The largest absolute Gasteiger partial charge is 0.464 e. The Morgan fingerprint density at radius 3 is 2.50 bits per heavy atom. The lowest BCUT2D eigenvalue weighted by Gasteiger charge is -2.12. The number of carbonyl (C=O) groups is 1. The van der Waals surface area contributed by atoms with Gasteiger partial charge >= 0.3 is 5.97 Å². The first-order chi connectivity index (χ1) is 7.43. The molecule has 16 heavy (non-hydrogen) atoms. The Kier molecular flexibility index (Phi) is 4.62. The van der Waals surface area contributed by atoms with Crippen LogP contribution in [-0.4, -0.2) is 26.5 Å². The summed E-state index contributed by atoms with van der Waals surface area (Å²) in [6.07, 6.45) is 2.14. The van der Waals surface area contributed by atoms with E-state index in [9.17, 15) is 4.79 Å². The molecule has 4 heteroatoms. The summed E-state index contributed by atoms with van der Waals surface area (Å²) in [6, 6.07) is 0. The summed E-state index contributed by atoms with van der Waals surface area (Å²) in [7, 11) is -1.34. The molecular weight excluding hydrogens is 240 g/mol. The van der Waals surface area contributed by atoms with Crippen LogP contribution in [-0.2, 0) is 9.53 Å². The fraction of sp³-hybridized carbons (Fsp3) is 0.750. The third kappa shape index (κ3) is 3.11. The van der Waals surface area contributed by atoms with Gasteiger partial charge in [-0.15, -0.1) is 11.6 Å². The molecule has 1 unspecified atom stereocenters. The first-order valence-corrected chi connectivity index (χ1v) is 9.93. The monoisotopic (exact) mass is 260 g/mol. The highest BCUT2D eigenvalue weighted by molar-refractivity contribution is 6.84. The van der Waals surface area contributed by atoms with Crippen molar-refractivity contribution in [2.24, 2.45) is 5.92 Å². The van der Waals surface area contributed by atoms with E-state index in [-0.39, 0.29) is 11.9 Å². The van der Waals surface area contributed by atoms with Gasteiger partial charge in [0.05, 0.1) is 19.9 Å². The molecule has 0 aromatic carbocycles. The van der Waals surface area contributed by atoms with E-state index in [1.165, 1.54) is 10.8 Å². The lowest BCUT2D eigenvalue weighted by atomic mass is 10.2. The minimum Gasteiger partial charge on any atom is -0.464 e. The van der Waals surface area contributed by atoms with E-state index < -0.39 is 8.07 Å². The standard InChI is InChI=1S/C12H21ClO2Si/c1-5-6-9-10(11(9)16(2,3)4)12(14)15-8-7-13/h10H,5-8H2,1-4H3. The van der Waals surface area contributed by atoms with E-state index in [4.69, 9.17) is 16.3 Å². The first kappa shape index (κ1) is 13.8. The van der Waals surface area contributed by atoms with Gasteiger partial charge in [0, 0.05) is 0 Å². The van der Waals surface area contributed by atoms with Gasteiger partial charge in [-0.3, -0.25) is 4.79 Å². The molecular formula is C12H21ClO2Si. The van der Waals surface area contributed by atoms with Crippen LogP contribution in [0.4, 0.5) is 0 Å². The zero-order valence-electron chi connectivity index (χ0n) is 10.6. The Hall–Kier alpha value is -0.283. The van der Waals surface area contributed by atoms with E-state index >= 15 is 0 Å². The topological polar surface area (TPSA) is 26.3 Å². The normalized spacial score (nSPS) is 19.9. The van der Waals surface area contributed by atoms with Crippen LogP contribution in [0.15, 0.2) is 10.8 Å². The fourth-order valence-corrected chi connectivity index (χ4v) is 4.61. The number of halogens is 1. The van der Waals surface area contributed by atoms with Gasteiger partial charge in [0.1, 0.15) is 6.61 Å². The molecule has 0 amide bonds. The average Bonchev–Trinajstić information content (AvgIpc) is 2.88. The molecule has 0 aromatic heterocycles. The van der Waals surface area contributed by atoms with Crippen LogP contribution in [0.25, 0.3) is 0 Å². The van der Waals surface area contributed by atoms with Crippen molar-refractivity contribution in [1.82, 2.24) is 0 Å². The molecule has 0 fully saturated rings. The minimum atomic E-state index is -1.34. The van der Waals surface area contributed by atoms with Crippen molar-refractivity contribution in [3.05, 3.63) is 10.8 Å². The second kappa shape index (κ2) is 5.37. The molecule has 92 valence electrons. The highest BCUT2D eigenvalue weighted by Gasteiger charge is 2.48. The molecule has 0 spiro atoms. The highest BCUT2D eigenvalue weighted by atomic mass is 35.5. The van der Waals surface area contributed by atoms with Crippen molar-refractivity contribution >= 4 is 25.6 Å². The zero-order chi connectivity index (χ0) is 12.3. The van der Waals surface area contributed by atoms with Gasteiger partial charge < -0.3 is 4.74 Å². The smallest absolute Gasteiger partial charge is 0.316 e. The molecule has 0 saturated carbocycles. The second-order valence-corrected chi connectivity index (χ2v) is 10.6. The Morgan fingerprint density at radius 1 is 1.44 bits per heavy atom. The minimum absolute atomic E-state index is 0.00910. The number of ether oxygens (including phenoxy) is 1. The van der Waals surface area contributed by atoms with E-state index in [0.717, 1.165) is 12.8 Å². The molecule has 0 aromatic rings. The third-order valence-corrected chi connectivity index (χ3v) is 5.16. The van der Waals surface area contributed by atoms with Gasteiger partial charge in [0.2, 0.25) is 0 Å². The summed E-state index contributed by atoms with van der Waals surface area (Å²) in [6.45, 7) is 9.33. The molecule has 0 aliphatic heterocycles. The molecule has 1 atom stereocenters. The summed E-state index contributed by atoms with van der Waals surface area (Å²) < 4.78 is 5.13. The Morgan fingerprint density at radius 2 is 2.06 bits per heavy atom. The number of carbonyl (C=O) groups excluding carboxylic acids is 1. The quantitative estimate of drug-likeness (QED) is 0.416. The Bertz CT molecular complexity index is 305. The average molecular weight is 261 g/mol. The van der Waals surface area contributed by atoms with Crippen LogP contribution in [0.2, 0.25) is 19.6 Å². The molecule has 0 bridgehead atoms. The lowest BCUT2D eigenvalue weighted by molar-refractivity contribution is -0.144. The number of hydrogen-bond acceptors (Lipinski definition) is 2. The van der Waals surface area contributed by atoms with Gasteiger partial charge in [-0.1, -0.05) is 43.8 Å². The zero-order valence-corrected chi connectivity index (χ0v) is 12.4. The van der Waals surface area contributed by atoms with Crippen LogP contribution in [0.5, 0.6) is 0 Å². The molecule has 1 aliphatic carbocycles. The maximum atomic E-state index is 11.8. The maximum Gasteiger partial charge on any atom is 0.316 e. The Labute approximate surface area is 104 Å².